The molecule has 4 rings (SSSR count). The third-order valence-corrected chi connectivity index (χ3v) is 7.63. The van der Waals surface area contributed by atoms with Crippen molar-refractivity contribution in [1.29, 1.82) is 0 Å². The molecule has 262 valence electrons. The third kappa shape index (κ3) is 10.6. The average molecular weight is 682 g/mol. The Bertz CT molecular complexity index is 1680. The number of amides is 3. The molecule has 16 nitrogen and oxygen atoms in total. The Morgan fingerprint density at radius 3 is 2.31 bits per heavy atom. The number of esters is 1. The molecular weight excluding hydrogens is 642 g/mol. The maximum Gasteiger partial charge on any atom is 0.412 e. The van der Waals surface area contributed by atoms with Crippen molar-refractivity contribution >= 4 is 29.6 Å². The van der Waals surface area contributed by atoms with Gasteiger partial charge in [0.15, 0.2) is 6.23 Å². The number of aromatic amines is 1. The van der Waals surface area contributed by atoms with E-state index in [0.29, 0.717) is 11.3 Å². The zero-order valence-electron chi connectivity index (χ0n) is 26.7. The number of aromatic nitrogens is 2. The predicted octanol–water partition coefficient (Wildman–Crippen LogP) is 0.870. The lowest BCUT2D eigenvalue weighted by atomic mass is 9.99. The molecule has 0 bridgehead atoms. The molecule has 6 atom stereocenters. The van der Waals surface area contributed by atoms with E-state index in [0.717, 1.165) is 16.8 Å². The molecule has 3 amide bonds. The molecule has 1 aromatic heterocycles. The van der Waals surface area contributed by atoms with E-state index in [1.165, 1.54) is 0 Å². The van der Waals surface area contributed by atoms with Crippen LogP contribution in [0.5, 0.6) is 0 Å². The molecule has 49 heavy (non-hydrogen) atoms. The van der Waals surface area contributed by atoms with Crippen molar-refractivity contribution in [3.63, 3.8) is 0 Å². The first kappa shape index (κ1) is 36.5. The van der Waals surface area contributed by atoms with Crippen LogP contribution in [0.3, 0.4) is 0 Å². The Morgan fingerprint density at radius 2 is 1.63 bits per heavy atom. The van der Waals surface area contributed by atoms with E-state index < -0.39 is 65.9 Å². The van der Waals surface area contributed by atoms with E-state index in [4.69, 9.17) is 14.2 Å². The van der Waals surface area contributed by atoms with Crippen LogP contribution in [0.1, 0.15) is 50.5 Å². The molecule has 6 unspecified atom stereocenters. The predicted molar refractivity (Wildman–Crippen MR) is 173 cm³/mol. The van der Waals surface area contributed by atoms with Crippen LogP contribution in [-0.4, -0.2) is 81.1 Å². The molecule has 6 N–H and O–H groups in total. The molecule has 1 aliphatic heterocycles. The van der Waals surface area contributed by atoms with Crippen LogP contribution < -0.4 is 27.2 Å². The number of carbonyl (C=O) groups excluding carboxylic acids is 4. The number of H-pyrrole nitrogens is 1. The van der Waals surface area contributed by atoms with Gasteiger partial charge in [-0.05, 0) is 17.7 Å². The maximum absolute atomic E-state index is 12.8. The second-order valence-electron chi connectivity index (χ2n) is 11.1. The van der Waals surface area contributed by atoms with Gasteiger partial charge in [-0.25, -0.2) is 9.59 Å². The summed E-state index contributed by atoms with van der Waals surface area (Å²) in [6, 6.07) is 17.8. The van der Waals surface area contributed by atoms with E-state index in [1.54, 1.807) is 67.6 Å². The number of rotatable bonds is 15. The lowest BCUT2D eigenvalue weighted by Crippen LogP contribution is -2.42. The smallest absolute Gasteiger partial charge is 0.412 e. The minimum absolute atomic E-state index is 0.0840. The number of hydrogen-bond donors (Lipinski definition) is 6. The fraction of sp³-hybridized carbons (Fsp3) is 0.394. The molecule has 0 radical (unpaired) electrons. The first-order chi connectivity index (χ1) is 23.5. The number of hydrogen-bond acceptors (Lipinski definition) is 11. The second-order valence-corrected chi connectivity index (χ2v) is 11.1. The van der Waals surface area contributed by atoms with Crippen LogP contribution in [0.25, 0.3) is 0 Å². The molecular formula is C33H39N5O11. The minimum atomic E-state index is -1.52. The van der Waals surface area contributed by atoms with Crippen LogP contribution in [0.15, 0.2) is 82.5 Å². The molecule has 2 heterocycles. The first-order valence-corrected chi connectivity index (χ1v) is 15.7. The van der Waals surface area contributed by atoms with Crippen LogP contribution in [-0.2, 0) is 28.6 Å². The number of ether oxygens (including phenoxy) is 3. The standard InChI is InChI=1S/C33H39N5O11/c1-2-24(39)36-22(30(20-9-5-3-6-10-20)49-33(46)35-21-11-7-4-8-12-21)16-18-47-27(42)14-13-25(40)34-19-23-28(43)29(44)31(48-23)38-17-15-26(41)37-32(38)45/h3-12,15,17,22-23,28-31,43-44H,2,13-14,16,18-19H2,1H3,(H,34,40)(H,35,46)(H,36,39)(H,37,41,45). The SMILES string of the molecule is CCC(=O)NC(CCOC(=O)CCC(=O)NCC1OC(n2ccc(=O)[nH]c2=O)C(O)C1O)C(OC(=O)Nc1ccccc1)c1ccccc1. The zero-order valence-corrected chi connectivity index (χ0v) is 26.7. The summed E-state index contributed by atoms with van der Waals surface area (Å²) in [5, 5.41) is 28.7. The fourth-order valence-electron chi connectivity index (χ4n) is 5.06. The van der Waals surface area contributed by atoms with Crippen LogP contribution in [0.2, 0.25) is 0 Å². The lowest BCUT2D eigenvalue weighted by molar-refractivity contribution is -0.145. The van der Waals surface area contributed by atoms with Crippen LogP contribution in [0.4, 0.5) is 10.5 Å². The van der Waals surface area contributed by atoms with Gasteiger partial charge < -0.3 is 35.1 Å². The molecule has 0 aliphatic carbocycles. The van der Waals surface area contributed by atoms with E-state index in [-0.39, 0.29) is 44.7 Å². The lowest BCUT2D eigenvalue weighted by Gasteiger charge is -2.28. The molecule has 2 aromatic carbocycles. The summed E-state index contributed by atoms with van der Waals surface area (Å²) in [6.45, 7) is 1.28. The van der Waals surface area contributed by atoms with Crippen molar-refractivity contribution in [2.45, 2.75) is 69.3 Å². The number of aliphatic hydroxyl groups excluding tert-OH is 2. The van der Waals surface area contributed by atoms with Crippen molar-refractivity contribution < 1.29 is 43.6 Å². The third-order valence-electron chi connectivity index (χ3n) is 7.63. The molecule has 0 spiro atoms. The number of nitrogens with zero attached hydrogens (tertiary/aromatic N) is 1. The largest absolute Gasteiger partial charge is 0.466 e. The Labute approximate surface area is 280 Å². The summed E-state index contributed by atoms with van der Waals surface area (Å²) in [5.41, 5.74) is -0.366. The van der Waals surface area contributed by atoms with Crippen molar-refractivity contribution in [2.24, 2.45) is 0 Å². The van der Waals surface area contributed by atoms with Gasteiger partial charge in [-0.15, -0.1) is 0 Å². The molecule has 1 aliphatic rings. The number of benzene rings is 2. The highest BCUT2D eigenvalue weighted by Gasteiger charge is 2.44. The van der Waals surface area contributed by atoms with Crippen molar-refractivity contribution in [3.05, 3.63) is 99.3 Å². The van der Waals surface area contributed by atoms with E-state index >= 15 is 0 Å². The summed E-state index contributed by atoms with van der Waals surface area (Å²) in [5.74, 6) is -1.57. The number of anilines is 1. The topological polar surface area (TPSA) is 227 Å². The van der Waals surface area contributed by atoms with Gasteiger partial charge in [0, 0.05) is 43.8 Å². The van der Waals surface area contributed by atoms with Gasteiger partial charge >= 0.3 is 17.8 Å². The van der Waals surface area contributed by atoms with Crippen molar-refractivity contribution in [2.75, 3.05) is 18.5 Å². The fourth-order valence-corrected chi connectivity index (χ4v) is 5.06. The van der Waals surface area contributed by atoms with Gasteiger partial charge in [0.05, 0.1) is 19.1 Å². The average Bonchev–Trinajstić information content (AvgIpc) is 3.37. The number of para-hydroxylation sites is 1. The van der Waals surface area contributed by atoms with E-state index in [2.05, 4.69) is 16.0 Å². The van der Waals surface area contributed by atoms with Crippen molar-refractivity contribution in [3.8, 4) is 0 Å². The van der Waals surface area contributed by atoms with Crippen molar-refractivity contribution in [1.82, 2.24) is 20.2 Å². The number of aliphatic hydroxyl groups is 2. The Kier molecular flexibility index (Phi) is 13.2. The highest BCUT2D eigenvalue weighted by atomic mass is 16.6. The van der Waals surface area contributed by atoms with E-state index in [9.17, 15) is 39.0 Å². The summed E-state index contributed by atoms with van der Waals surface area (Å²) in [7, 11) is 0. The van der Waals surface area contributed by atoms with E-state index in [1.807, 2.05) is 4.98 Å². The van der Waals surface area contributed by atoms with Gasteiger partial charge in [0.2, 0.25) is 11.8 Å². The summed E-state index contributed by atoms with van der Waals surface area (Å²) >= 11 is 0. The Balaban J connectivity index is 1.27. The molecule has 16 heteroatoms. The quantitative estimate of drug-likeness (QED) is 0.123. The van der Waals surface area contributed by atoms with Gasteiger partial charge in [0.1, 0.15) is 24.4 Å². The minimum Gasteiger partial charge on any atom is -0.466 e. The normalized spacial score (nSPS) is 19.7. The molecule has 1 fully saturated rings. The Morgan fingerprint density at radius 1 is 0.939 bits per heavy atom. The van der Waals surface area contributed by atoms with Gasteiger partial charge in [-0.2, -0.15) is 0 Å². The van der Waals surface area contributed by atoms with Gasteiger partial charge in [-0.1, -0.05) is 55.5 Å². The molecule has 1 saturated heterocycles. The first-order valence-electron chi connectivity index (χ1n) is 15.7. The van der Waals surface area contributed by atoms with Gasteiger partial charge in [-0.3, -0.25) is 34.0 Å². The summed E-state index contributed by atoms with van der Waals surface area (Å²) in [6.07, 6.45) is -6.22. The summed E-state index contributed by atoms with van der Waals surface area (Å²) in [4.78, 5) is 75.6. The highest BCUT2D eigenvalue weighted by molar-refractivity contribution is 5.85. The number of nitrogens with one attached hydrogen (secondary N) is 4. The maximum atomic E-state index is 12.8. The monoisotopic (exact) mass is 681 g/mol. The van der Waals surface area contributed by atoms with Gasteiger partial charge in [0.25, 0.3) is 5.56 Å². The molecule has 0 saturated carbocycles. The van der Waals surface area contributed by atoms with Crippen LogP contribution in [0, 0.1) is 0 Å². The zero-order chi connectivity index (χ0) is 35.3. The summed E-state index contributed by atoms with van der Waals surface area (Å²) < 4.78 is 17.6. The van der Waals surface area contributed by atoms with Crippen LogP contribution >= 0.6 is 0 Å². The number of carbonyl (C=O) groups is 4. The second kappa shape index (κ2) is 17.7. The Hall–Kier alpha value is -5.32. The molecule has 3 aromatic rings. The highest BCUT2D eigenvalue weighted by Crippen LogP contribution is 2.28.